The Kier molecular flexibility index (Phi) is 4.57. The molecule has 3 nitrogen and oxygen atoms in total. The second kappa shape index (κ2) is 6.38. The third-order valence-corrected chi connectivity index (χ3v) is 3.12. The Bertz CT molecular complexity index is 667. The van der Waals surface area contributed by atoms with E-state index in [0.29, 0.717) is 16.3 Å². The van der Waals surface area contributed by atoms with Crippen molar-refractivity contribution in [1.29, 1.82) is 5.26 Å². The van der Waals surface area contributed by atoms with Crippen LogP contribution >= 0.6 is 11.6 Å². The Labute approximate surface area is 121 Å². The molecule has 20 heavy (non-hydrogen) atoms. The number of halogens is 2. The molecule has 2 N–H and O–H groups in total. The molecule has 0 aromatic heterocycles. The van der Waals surface area contributed by atoms with E-state index in [2.05, 4.69) is 0 Å². The van der Waals surface area contributed by atoms with Crippen LogP contribution in [-0.4, -0.2) is 0 Å². The van der Waals surface area contributed by atoms with Crippen molar-refractivity contribution >= 4 is 11.6 Å². The minimum Gasteiger partial charge on any atom is -0.487 e. The van der Waals surface area contributed by atoms with E-state index in [-0.39, 0.29) is 18.7 Å². The van der Waals surface area contributed by atoms with E-state index in [1.165, 1.54) is 18.2 Å². The van der Waals surface area contributed by atoms with E-state index in [4.69, 9.17) is 27.3 Å². The molecule has 0 aliphatic carbocycles. The molecule has 0 heterocycles. The van der Waals surface area contributed by atoms with E-state index >= 15 is 0 Å². The number of hydrogen-bond acceptors (Lipinski definition) is 3. The van der Waals surface area contributed by atoms with Gasteiger partial charge in [-0.15, -0.1) is 0 Å². The lowest BCUT2D eigenvalue weighted by Crippen LogP contribution is -2.04. The Morgan fingerprint density at radius 2 is 2.05 bits per heavy atom. The molecule has 0 bridgehead atoms. The molecule has 2 rings (SSSR count). The summed E-state index contributed by atoms with van der Waals surface area (Å²) in [7, 11) is 0. The maximum absolute atomic E-state index is 13.7. The summed E-state index contributed by atoms with van der Waals surface area (Å²) in [6.07, 6.45) is 0. The van der Waals surface area contributed by atoms with Crippen molar-refractivity contribution in [2.24, 2.45) is 5.73 Å². The van der Waals surface area contributed by atoms with Gasteiger partial charge in [0, 0.05) is 17.7 Å². The summed E-state index contributed by atoms with van der Waals surface area (Å²) in [6, 6.07) is 11.4. The fraction of sp³-hybridized carbons (Fsp3) is 0.133. The lowest BCUT2D eigenvalue weighted by molar-refractivity contribution is 0.297. The standard InChI is InChI=1S/C15H12ClFN2O/c16-13-3-1-2-11(8-19)15(13)20-9-12-5-4-10(7-18)6-14(12)17/h1-6H,8-9,19H2. The second-order valence-electron chi connectivity index (χ2n) is 4.14. The van der Waals surface area contributed by atoms with Gasteiger partial charge in [-0.2, -0.15) is 5.26 Å². The van der Waals surface area contributed by atoms with Gasteiger partial charge in [0.25, 0.3) is 0 Å². The Morgan fingerprint density at radius 3 is 2.70 bits per heavy atom. The molecule has 0 aliphatic rings. The third-order valence-electron chi connectivity index (χ3n) is 2.82. The Balaban J connectivity index is 2.19. The van der Waals surface area contributed by atoms with Crippen molar-refractivity contribution in [2.45, 2.75) is 13.2 Å². The molecular formula is C15H12ClFN2O. The van der Waals surface area contributed by atoms with E-state index < -0.39 is 5.82 Å². The number of nitrogens with zero attached hydrogens (tertiary/aromatic N) is 1. The van der Waals surface area contributed by atoms with Gasteiger partial charge in [0.15, 0.2) is 0 Å². The smallest absolute Gasteiger partial charge is 0.142 e. The predicted octanol–water partition coefficient (Wildman–Crippen LogP) is 3.39. The maximum Gasteiger partial charge on any atom is 0.142 e. The number of para-hydroxylation sites is 1. The molecule has 0 saturated carbocycles. The van der Waals surface area contributed by atoms with Gasteiger partial charge < -0.3 is 10.5 Å². The summed E-state index contributed by atoms with van der Waals surface area (Å²) in [4.78, 5) is 0. The highest BCUT2D eigenvalue weighted by molar-refractivity contribution is 6.32. The maximum atomic E-state index is 13.7. The van der Waals surface area contributed by atoms with Crippen LogP contribution in [0, 0.1) is 17.1 Å². The van der Waals surface area contributed by atoms with Crippen LogP contribution in [0.15, 0.2) is 36.4 Å². The highest BCUT2D eigenvalue weighted by Gasteiger charge is 2.09. The molecule has 0 unspecified atom stereocenters. The number of ether oxygens (including phenoxy) is 1. The van der Waals surface area contributed by atoms with Gasteiger partial charge in [-0.05, 0) is 18.2 Å². The zero-order chi connectivity index (χ0) is 14.5. The van der Waals surface area contributed by atoms with Crippen molar-refractivity contribution < 1.29 is 9.13 Å². The van der Waals surface area contributed by atoms with Gasteiger partial charge in [0.05, 0.1) is 16.7 Å². The molecule has 0 saturated heterocycles. The Hall–Kier alpha value is -2.09. The van der Waals surface area contributed by atoms with Crippen LogP contribution < -0.4 is 10.5 Å². The average Bonchev–Trinajstić information content (AvgIpc) is 2.46. The molecule has 0 radical (unpaired) electrons. The summed E-state index contributed by atoms with van der Waals surface area (Å²) < 4.78 is 19.3. The van der Waals surface area contributed by atoms with Gasteiger partial charge in [0.1, 0.15) is 18.2 Å². The number of rotatable bonds is 4. The van der Waals surface area contributed by atoms with Crippen molar-refractivity contribution in [3.05, 3.63) is 63.9 Å². The average molecular weight is 291 g/mol. The monoisotopic (exact) mass is 290 g/mol. The molecule has 5 heteroatoms. The summed E-state index contributed by atoms with van der Waals surface area (Å²) in [5.74, 6) is -0.0224. The van der Waals surface area contributed by atoms with Gasteiger partial charge in [-0.1, -0.05) is 29.8 Å². The minimum atomic E-state index is -0.481. The highest BCUT2D eigenvalue weighted by Crippen LogP contribution is 2.29. The summed E-state index contributed by atoms with van der Waals surface area (Å²) in [6.45, 7) is 0.306. The van der Waals surface area contributed by atoms with E-state index in [0.717, 1.165) is 5.56 Å². The molecule has 0 amide bonds. The van der Waals surface area contributed by atoms with E-state index in [9.17, 15) is 4.39 Å². The van der Waals surface area contributed by atoms with Gasteiger partial charge in [-0.25, -0.2) is 4.39 Å². The molecule has 102 valence electrons. The van der Waals surface area contributed by atoms with Crippen LogP contribution in [-0.2, 0) is 13.2 Å². The molecule has 0 fully saturated rings. The largest absolute Gasteiger partial charge is 0.487 e. The van der Waals surface area contributed by atoms with E-state index in [1.54, 1.807) is 18.2 Å². The van der Waals surface area contributed by atoms with Crippen LogP contribution in [0.3, 0.4) is 0 Å². The minimum absolute atomic E-state index is 0.0221. The quantitative estimate of drug-likeness (QED) is 0.939. The molecule has 2 aromatic carbocycles. The normalized spacial score (nSPS) is 10.1. The number of hydrogen-bond donors (Lipinski definition) is 1. The first-order chi connectivity index (χ1) is 9.65. The van der Waals surface area contributed by atoms with Crippen LogP contribution in [0.2, 0.25) is 5.02 Å². The first-order valence-corrected chi connectivity index (χ1v) is 6.32. The van der Waals surface area contributed by atoms with Crippen LogP contribution in [0.4, 0.5) is 4.39 Å². The van der Waals surface area contributed by atoms with Gasteiger partial charge in [0.2, 0.25) is 0 Å². The lowest BCUT2D eigenvalue weighted by atomic mass is 10.1. The molecule has 0 atom stereocenters. The summed E-state index contributed by atoms with van der Waals surface area (Å²) >= 11 is 6.04. The van der Waals surface area contributed by atoms with Crippen molar-refractivity contribution in [3.8, 4) is 11.8 Å². The molecular weight excluding hydrogens is 279 g/mol. The number of nitrogens with two attached hydrogens (primary N) is 1. The van der Waals surface area contributed by atoms with Crippen LogP contribution in [0.25, 0.3) is 0 Å². The van der Waals surface area contributed by atoms with Crippen LogP contribution in [0.5, 0.6) is 5.75 Å². The van der Waals surface area contributed by atoms with E-state index in [1.807, 2.05) is 6.07 Å². The third kappa shape index (κ3) is 3.08. The molecule has 2 aromatic rings. The molecule has 0 aliphatic heterocycles. The number of nitriles is 1. The topological polar surface area (TPSA) is 59.0 Å². The van der Waals surface area contributed by atoms with Gasteiger partial charge in [-0.3, -0.25) is 0 Å². The zero-order valence-electron chi connectivity index (χ0n) is 10.6. The second-order valence-corrected chi connectivity index (χ2v) is 4.55. The first-order valence-electron chi connectivity index (χ1n) is 5.94. The predicted molar refractivity (Wildman–Crippen MR) is 74.8 cm³/mol. The lowest BCUT2D eigenvalue weighted by Gasteiger charge is -2.12. The SMILES string of the molecule is N#Cc1ccc(COc2c(Cl)cccc2CN)c(F)c1. The van der Waals surface area contributed by atoms with Crippen molar-refractivity contribution in [3.63, 3.8) is 0 Å². The first kappa shape index (κ1) is 14.3. The Morgan fingerprint density at radius 1 is 1.25 bits per heavy atom. The highest BCUT2D eigenvalue weighted by atomic mass is 35.5. The van der Waals surface area contributed by atoms with Crippen LogP contribution in [0.1, 0.15) is 16.7 Å². The molecule has 0 spiro atoms. The van der Waals surface area contributed by atoms with Gasteiger partial charge >= 0.3 is 0 Å². The number of benzene rings is 2. The zero-order valence-corrected chi connectivity index (χ0v) is 11.3. The summed E-state index contributed by atoms with van der Waals surface area (Å²) in [5, 5.41) is 9.12. The fourth-order valence-electron chi connectivity index (χ4n) is 1.76. The summed E-state index contributed by atoms with van der Waals surface area (Å²) in [5.41, 5.74) is 6.99. The van der Waals surface area contributed by atoms with Crippen molar-refractivity contribution in [2.75, 3.05) is 0 Å². The fourth-order valence-corrected chi connectivity index (χ4v) is 2.01. The van der Waals surface area contributed by atoms with Crippen molar-refractivity contribution in [1.82, 2.24) is 0 Å².